The van der Waals surface area contributed by atoms with E-state index < -0.39 is 0 Å². The molecule has 1 aromatic rings. The fourth-order valence-corrected chi connectivity index (χ4v) is 3.24. The van der Waals surface area contributed by atoms with Gasteiger partial charge in [0.2, 0.25) is 0 Å². The Bertz CT molecular complexity index is 508. The Kier molecular flexibility index (Phi) is 14.4. The largest absolute Gasteiger partial charge is 0.376 e. The fourth-order valence-electron chi connectivity index (χ4n) is 3.24. The number of amides is 1. The zero-order chi connectivity index (χ0) is 19.6. The van der Waals surface area contributed by atoms with Gasteiger partial charge in [0.25, 0.3) is 5.91 Å². The summed E-state index contributed by atoms with van der Waals surface area (Å²) in [4.78, 5) is 11.6. The molecule has 3 heteroatoms. The Morgan fingerprint density at radius 2 is 1.37 bits per heavy atom. The maximum Gasteiger partial charge on any atom is 0.253 e. The number of carbonyl (C=O) groups is 1. The summed E-state index contributed by atoms with van der Waals surface area (Å²) in [5.41, 5.74) is 1.68. The molecule has 0 heterocycles. The maximum atomic E-state index is 11.6. The smallest absolute Gasteiger partial charge is 0.253 e. The van der Waals surface area contributed by atoms with Crippen molar-refractivity contribution in [2.24, 2.45) is 0 Å². The van der Waals surface area contributed by atoms with Gasteiger partial charge in [-0.05, 0) is 30.5 Å². The summed E-state index contributed by atoms with van der Waals surface area (Å²) in [6.07, 6.45) is 22.0. The highest BCUT2D eigenvalue weighted by Crippen LogP contribution is 2.13. The van der Waals surface area contributed by atoms with Crippen LogP contribution in [0, 0.1) is 0 Å². The van der Waals surface area contributed by atoms with Crippen molar-refractivity contribution >= 4 is 12.0 Å². The third-order valence-electron chi connectivity index (χ3n) is 4.95. The van der Waals surface area contributed by atoms with Crippen LogP contribution in [0.5, 0.6) is 0 Å². The van der Waals surface area contributed by atoms with E-state index in [4.69, 9.17) is 5.11 Å². The minimum Gasteiger partial charge on any atom is -0.376 e. The lowest BCUT2D eigenvalue weighted by atomic mass is 10.0. The van der Waals surface area contributed by atoms with Gasteiger partial charge in [0, 0.05) is 5.56 Å². The molecule has 0 aliphatic carbocycles. The molecule has 1 amide bonds. The number of carbonyl (C=O) groups excluding carboxylic acids is 1. The molecule has 0 aliphatic rings. The monoisotopic (exact) mass is 373 g/mol. The van der Waals surface area contributed by atoms with Crippen LogP contribution in [0.1, 0.15) is 106 Å². The van der Waals surface area contributed by atoms with Gasteiger partial charge in [0.1, 0.15) is 6.73 Å². The molecular formula is C24H39NO2. The highest BCUT2D eigenvalue weighted by atomic mass is 16.3. The van der Waals surface area contributed by atoms with E-state index in [1.165, 1.54) is 77.0 Å². The number of benzene rings is 1. The quantitative estimate of drug-likeness (QED) is 0.258. The number of rotatable bonds is 16. The second kappa shape index (κ2) is 16.6. The zero-order valence-corrected chi connectivity index (χ0v) is 17.2. The summed E-state index contributed by atoms with van der Waals surface area (Å²) in [5, 5.41) is 11.1. The van der Waals surface area contributed by atoms with Crippen LogP contribution in [0.15, 0.2) is 30.3 Å². The molecule has 0 spiro atoms. The SMILES string of the molecule is CCCCCCCCCCCCCCC=Cc1ccc(C(=O)NCO)cc1. The molecule has 0 atom stereocenters. The van der Waals surface area contributed by atoms with Crippen molar-refractivity contribution in [1.29, 1.82) is 0 Å². The standard InChI is InChI=1S/C24H39NO2/c1-2-3-4-5-6-7-8-9-10-11-12-13-14-15-16-22-17-19-23(20-18-22)24(27)25-21-26/h15-20,26H,2-14,21H2,1H3,(H,25,27). The van der Waals surface area contributed by atoms with Crippen LogP contribution in [0.2, 0.25) is 0 Å². The summed E-state index contributed by atoms with van der Waals surface area (Å²) in [6, 6.07) is 7.44. The Labute approximate surface area is 166 Å². The minimum atomic E-state index is -0.334. The molecule has 1 aromatic carbocycles. The van der Waals surface area contributed by atoms with Crippen molar-refractivity contribution in [3.8, 4) is 0 Å². The average molecular weight is 374 g/mol. The van der Waals surface area contributed by atoms with E-state index in [2.05, 4.69) is 24.4 Å². The maximum absolute atomic E-state index is 11.6. The van der Waals surface area contributed by atoms with Crippen molar-refractivity contribution in [1.82, 2.24) is 5.32 Å². The molecule has 0 bridgehead atoms. The van der Waals surface area contributed by atoms with Crippen LogP contribution >= 0.6 is 0 Å². The average Bonchev–Trinajstić information content (AvgIpc) is 2.69. The molecule has 0 saturated heterocycles. The first kappa shape index (κ1) is 23.4. The van der Waals surface area contributed by atoms with Gasteiger partial charge in [-0.2, -0.15) is 0 Å². The van der Waals surface area contributed by atoms with E-state index in [1.807, 2.05) is 12.1 Å². The van der Waals surface area contributed by atoms with Gasteiger partial charge in [-0.15, -0.1) is 0 Å². The van der Waals surface area contributed by atoms with Crippen LogP contribution in [-0.4, -0.2) is 17.7 Å². The third-order valence-corrected chi connectivity index (χ3v) is 4.95. The molecule has 152 valence electrons. The molecule has 0 unspecified atom stereocenters. The summed E-state index contributed by atoms with van der Waals surface area (Å²) in [5.74, 6) is -0.246. The summed E-state index contributed by atoms with van der Waals surface area (Å²) >= 11 is 0. The van der Waals surface area contributed by atoms with Crippen LogP contribution < -0.4 is 5.32 Å². The van der Waals surface area contributed by atoms with E-state index in [1.54, 1.807) is 12.1 Å². The summed E-state index contributed by atoms with van der Waals surface area (Å²) < 4.78 is 0. The van der Waals surface area contributed by atoms with Gasteiger partial charge < -0.3 is 10.4 Å². The number of aliphatic hydroxyl groups excluding tert-OH is 1. The van der Waals surface area contributed by atoms with Gasteiger partial charge >= 0.3 is 0 Å². The van der Waals surface area contributed by atoms with Crippen molar-refractivity contribution in [2.45, 2.75) is 90.4 Å². The molecule has 0 saturated carbocycles. The van der Waals surface area contributed by atoms with Gasteiger partial charge in [-0.3, -0.25) is 4.79 Å². The second-order valence-electron chi connectivity index (χ2n) is 7.37. The van der Waals surface area contributed by atoms with Crippen molar-refractivity contribution in [2.75, 3.05) is 6.73 Å². The first-order valence-corrected chi connectivity index (χ1v) is 10.9. The Morgan fingerprint density at radius 3 is 1.89 bits per heavy atom. The normalized spacial score (nSPS) is 11.2. The number of aliphatic hydroxyl groups is 1. The molecule has 0 aliphatic heterocycles. The van der Waals surface area contributed by atoms with E-state index in [9.17, 15) is 4.79 Å². The highest BCUT2D eigenvalue weighted by Gasteiger charge is 2.02. The molecule has 27 heavy (non-hydrogen) atoms. The number of hydrogen-bond acceptors (Lipinski definition) is 2. The van der Waals surface area contributed by atoms with E-state index in [0.717, 1.165) is 12.0 Å². The number of nitrogens with one attached hydrogen (secondary N) is 1. The molecule has 0 radical (unpaired) electrons. The number of hydrogen-bond donors (Lipinski definition) is 2. The summed E-state index contributed by atoms with van der Waals surface area (Å²) in [7, 11) is 0. The topological polar surface area (TPSA) is 49.3 Å². The van der Waals surface area contributed by atoms with Crippen molar-refractivity contribution in [3.63, 3.8) is 0 Å². The first-order chi connectivity index (χ1) is 13.3. The van der Waals surface area contributed by atoms with Gasteiger partial charge in [-0.25, -0.2) is 0 Å². The van der Waals surface area contributed by atoms with Gasteiger partial charge in [-0.1, -0.05) is 102 Å². The van der Waals surface area contributed by atoms with E-state index >= 15 is 0 Å². The number of unbranched alkanes of at least 4 members (excludes halogenated alkanes) is 12. The van der Waals surface area contributed by atoms with Gasteiger partial charge in [0.15, 0.2) is 0 Å². The fraction of sp³-hybridized carbons (Fsp3) is 0.625. The summed E-state index contributed by atoms with van der Waals surface area (Å²) in [6.45, 7) is 1.94. The first-order valence-electron chi connectivity index (χ1n) is 10.9. The lowest BCUT2D eigenvalue weighted by Crippen LogP contribution is -2.23. The predicted molar refractivity (Wildman–Crippen MR) is 116 cm³/mol. The minimum absolute atomic E-state index is 0.246. The molecule has 0 fully saturated rings. The molecule has 2 N–H and O–H groups in total. The highest BCUT2D eigenvalue weighted by molar-refractivity contribution is 5.94. The van der Waals surface area contributed by atoms with Crippen LogP contribution in [-0.2, 0) is 0 Å². The van der Waals surface area contributed by atoms with Crippen LogP contribution in [0.4, 0.5) is 0 Å². The number of allylic oxidation sites excluding steroid dienone is 1. The van der Waals surface area contributed by atoms with Crippen LogP contribution in [0.25, 0.3) is 6.08 Å². The predicted octanol–water partition coefficient (Wildman–Crippen LogP) is 6.47. The molecule has 0 aromatic heterocycles. The zero-order valence-electron chi connectivity index (χ0n) is 17.2. The Morgan fingerprint density at radius 1 is 0.852 bits per heavy atom. The van der Waals surface area contributed by atoms with Crippen molar-refractivity contribution in [3.05, 3.63) is 41.5 Å². The van der Waals surface area contributed by atoms with E-state index in [-0.39, 0.29) is 12.6 Å². The van der Waals surface area contributed by atoms with Gasteiger partial charge in [0.05, 0.1) is 0 Å². The second-order valence-corrected chi connectivity index (χ2v) is 7.37. The molecular weight excluding hydrogens is 334 g/mol. The van der Waals surface area contributed by atoms with E-state index in [0.29, 0.717) is 5.56 Å². The third kappa shape index (κ3) is 12.4. The molecule has 3 nitrogen and oxygen atoms in total. The lowest BCUT2D eigenvalue weighted by molar-refractivity contribution is 0.0910. The lowest BCUT2D eigenvalue weighted by Gasteiger charge is -2.02. The van der Waals surface area contributed by atoms with Crippen molar-refractivity contribution < 1.29 is 9.90 Å². The Hall–Kier alpha value is -1.61. The molecule has 1 rings (SSSR count). The van der Waals surface area contributed by atoms with Crippen LogP contribution in [0.3, 0.4) is 0 Å². The Balaban J connectivity index is 1.98.